The Labute approximate surface area is 212 Å². The number of aromatic nitrogens is 1. The number of aliphatic hydroxyl groups is 1. The van der Waals surface area contributed by atoms with E-state index in [1.807, 2.05) is 50.2 Å². The number of benzene rings is 3. The van der Waals surface area contributed by atoms with Crippen LogP contribution in [0.3, 0.4) is 0 Å². The van der Waals surface area contributed by atoms with E-state index in [4.69, 9.17) is 9.47 Å². The second kappa shape index (κ2) is 9.47. The number of methoxy groups -OCH3 is 1. The minimum atomic E-state index is -0.834. The third-order valence-corrected chi connectivity index (χ3v) is 7.08. The number of carbonyl (C=O) groups is 2. The van der Waals surface area contributed by atoms with Crippen LogP contribution in [0.5, 0.6) is 11.5 Å². The molecule has 1 unspecified atom stereocenters. The van der Waals surface area contributed by atoms with Crippen LogP contribution in [-0.4, -0.2) is 35.5 Å². The quantitative estimate of drug-likeness (QED) is 0.209. The van der Waals surface area contributed by atoms with Crippen molar-refractivity contribution < 1.29 is 24.2 Å². The number of ketones is 1. The van der Waals surface area contributed by atoms with Crippen LogP contribution in [0.4, 0.5) is 5.13 Å². The molecule has 0 aliphatic carbocycles. The fraction of sp³-hybridized carbons (Fsp3) is 0.179. The van der Waals surface area contributed by atoms with Gasteiger partial charge in [-0.25, -0.2) is 4.98 Å². The zero-order valence-corrected chi connectivity index (χ0v) is 20.8. The zero-order valence-electron chi connectivity index (χ0n) is 20.0. The van der Waals surface area contributed by atoms with Crippen LogP contribution in [0, 0.1) is 6.92 Å². The number of aliphatic hydroxyl groups excluding tert-OH is 1. The van der Waals surface area contributed by atoms with Gasteiger partial charge in [0.25, 0.3) is 5.78 Å². The van der Waals surface area contributed by atoms with E-state index in [9.17, 15) is 14.7 Å². The van der Waals surface area contributed by atoms with Gasteiger partial charge in [0.1, 0.15) is 17.3 Å². The van der Waals surface area contributed by atoms with Crippen molar-refractivity contribution in [3.63, 3.8) is 0 Å². The smallest absolute Gasteiger partial charge is 0.301 e. The van der Waals surface area contributed by atoms with E-state index in [1.54, 1.807) is 37.4 Å². The van der Waals surface area contributed by atoms with Crippen molar-refractivity contribution in [2.45, 2.75) is 19.9 Å². The molecular weight excluding hydrogens is 476 g/mol. The third kappa shape index (κ3) is 4.09. The lowest BCUT2D eigenvalue weighted by Gasteiger charge is -2.23. The summed E-state index contributed by atoms with van der Waals surface area (Å²) in [4.78, 5) is 32.8. The number of Topliss-reactive ketones (excluding diaryl/α,β-unsaturated/α-hetero) is 1. The molecule has 1 N–H and O–H groups in total. The van der Waals surface area contributed by atoms with Crippen LogP contribution in [0.2, 0.25) is 0 Å². The number of carbonyl (C=O) groups excluding carboxylic acids is 2. The number of fused-ring (bicyclic) bond motifs is 1. The summed E-state index contributed by atoms with van der Waals surface area (Å²) in [5.41, 5.74) is 2.86. The van der Waals surface area contributed by atoms with Gasteiger partial charge in [0.15, 0.2) is 5.13 Å². The molecule has 5 rings (SSSR count). The van der Waals surface area contributed by atoms with Gasteiger partial charge in [-0.1, -0.05) is 41.2 Å². The first-order valence-corrected chi connectivity index (χ1v) is 12.3. The molecule has 0 radical (unpaired) electrons. The van der Waals surface area contributed by atoms with Gasteiger partial charge in [-0.2, -0.15) is 0 Å². The van der Waals surface area contributed by atoms with Crippen molar-refractivity contribution in [3.05, 3.63) is 89.0 Å². The molecule has 4 aromatic rings. The Morgan fingerprint density at radius 1 is 1.03 bits per heavy atom. The molecule has 0 saturated carbocycles. The molecule has 2 heterocycles. The highest BCUT2D eigenvalue weighted by Gasteiger charge is 2.48. The van der Waals surface area contributed by atoms with E-state index in [-0.39, 0.29) is 11.3 Å². The standard InChI is InChI=1S/C28H24N2O5S/c1-4-35-19-11-9-18(10-12-19)25(31)23-24(17-7-5-16(2)6-8-17)30(27(33)26(23)32)28-29-21-14-13-20(34-3)15-22(21)36-28/h5-15,24,31H,4H2,1-3H3/b25-23+. The van der Waals surface area contributed by atoms with E-state index < -0.39 is 17.7 Å². The van der Waals surface area contributed by atoms with Crippen molar-refractivity contribution in [2.24, 2.45) is 0 Å². The molecular formula is C28H24N2O5S. The zero-order chi connectivity index (χ0) is 25.4. The monoisotopic (exact) mass is 500 g/mol. The van der Waals surface area contributed by atoms with Crippen LogP contribution in [0.25, 0.3) is 16.0 Å². The van der Waals surface area contributed by atoms with E-state index in [0.717, 1.165) is 10.3 Å². The molecule has 182 valence electrons. The maximum Gasteiger partial charge on any atom is 0.301 e. The molecule has 0 bridgehead atoms. The number of ether oxygens (including phenoxy) is 2. The molecule has 36 heavy (non-hydrogen) atoms. The summed E-state index contributed by atoms with van der Waals surface area (Å²) in [6.07, 6.45) is 0. The van der Waals surface area contributed by atoms with Gasteiger partial charge in [0, 0.05) is 5.56 Å². The first-order valence-electron chi connectivity index (χ1n) is 11.5. The Bertz CT molecular complexity index is 1490. The van der Waals surface area contributed by atoms with Gasteiger partial charge < -0.3 is 14.6 Å². The maximum atomic E-state index is 13.4. The SMILES string of the molecule is CCOc1ccc(/C(O)=C2\C(=O)C(=O)N(c3nc4ccc(OC)cc4s3)C2c2ccc(C)cc2)cc1. The summed E-state index contributed by atoms with van der Waals surface area (Å²) < 4.78 is 11.6. The fourth-order valence-corrected chi connectivity index (χ4v) is 5.27. The van der Waals surface area contributed by atoms with Crippen LogP contribution in [0.1, 0.15) is 29.7 Å². The Morgan fingerprint density at radius 2 is 1.72 bits per heavy atom. The van der Waals surface area contributed by atoms with Crippen molar-refractivity contribution in [2.75, 3.05) is 18.6 Å². The highest BCUT2D eigenvalue weighted by Crippen LogP contribution is 2.44. The number of thiazole rings is 1. The van der Waals surface area contributed by atoms with Crippen LogP contribution in [-0.2, 0) is 9.59 Å². The van der Waals surface area contributed by atoms with Crippen LogP contribution in [0.15, 0.2) is 72.3 Å². The predicted octanol–water partition coefficient (Wildman–Crippen LogP) is 5.64. The van der Waals surface area contributed by atoms with Gasteiger partial charge in [0.2, 0.25) is 0 Å². The number of hydrogen-bond acceptors (Lipinski definition) is 7. The lowest BCUT2D eigenvalue weighted by atomic mass is 9.95. The maximum absolute atomic E-state index is 13.4. The number of anilines is 1. The van der Waals surface area contributed by atoms with E-state index >= 15 is 0 Å². The van der Waals surface area contributed by atoms with E-state index in [0.29, 0.717) is 39.9 Å². The highest BCUT2D eigenvalue weighted by molar-refractivity contribution is 7.22. The summed E-state index contributed by atoms with van der Waals surface area (Å²) in [6.45, 7) is 4.36. The molecule has 3 aromatic carbocycles. The fourth-order valence-electron chi connectivity index (χ4n) is 4.25. The largest absolute Gasteiger partial charge is 0.507 e. The Balaban J connectivity index is 1.67. The first-order chi connectivity index (χ1) is 17.4. The number of nitrogens with zero attached hydrogens (tertiary/aromatic N) is 2. The van der Waals surface area contributed by atoms with E-state index in [2.05, 4.69) is 4.98 Å². The minimum absolute atomic E-state index is 0.0184. The molecule has 1 aromatic heterocycles. The lowest BCUT2D eigenvalue weighted by Crippen LogP contribution is -2.29. The van der Waals surface area contributed by atoms with E-state index in [1.165, 1.54) is 16.2 Å². The summed E-state index contributed by atoms with van der Waals surface area (Å²) in [6, 6.07) is 18.9. The molecule has 1 amide bonds. The molecule has 1 fully saturated rings. The van der Waals surface area contributed by atoms with Crippen molar-refractivity contribution >= 4 is 44.1 Å². The summed E-state index contributed by atoms with van der Waals surface area (Å²) >= 11 is 1.29. The average molecular weight is 501 g/mol. The highest BCUT2D eigenvalue weighted by atomic mass is 32.1. The molecule has 1 aliphatic rings. The lowest BCUT2D eigenvalue weighted by molar-refractivity contribution is -0.132. The molecule has 1 aliphatic heterocycles. The molecule has 0 spiro atoms. The van der Waals surface area contributed by atoms with Gasteiger partial charge in [-0.05, 0) is 61.9 Å². The normalized spacial score (nSPS) is 17.1. The predicted molar refractivity (Wildman–Crippen MR) is 140 cm³/mol. The minimum Gasteiger partial charge on any atom is -0.507 e. The third-order valence-electron chi connectivity index (χ3n) is 6.07. The summed E-state index contributed by atoms with van der Waals surface area (Å²) in [5.74, 6) is -0.421. The summed E-state index contributed by atoms with van der Waals surface area (Å²) in [5, 5.41) is 11.7. The van der Waals surface area contributed by atoms with Crippen LogP contribution < -0.4 is 14.4 Å². The van der Waals surface area contributed by atoms with Crippen LogP contribution >= 0.6 is 11.3 Å². The second-order valence-corrected chi connectivity index (χ2v) is 9.38. The number of amides is 1. The van der Waals surface area contributed by atoms with Gasteiger partial charge >= 0.3 is 5.91 Å². The Kier molecular flexibility index (Phi) is 6.20. The van der Waals surface area contributed by atoms with Crippen molar-refractivity contribution in [3.8, 4) is 11.5 Å². The molecule has 7 nitrogen and oxygen atoms in total. The van der Waals surface area contributed by atoms with Crippen molar-refractivity contribution in [1.29, 1.82) is 0 Å². The van der Waals surface area contributed by atoms with Gasteiger partial charge in [-0.3, -0.25) is 14.5 Å². The second-order valence-electron chi connectivity index (χ2n) is 8.37. The van der Waals surface area contributed by atoms with Gasteiger partial charge in [0.05, 0.1) is 35.5 Å². The average Bonchev–Trinajstić information content (AvgIpc) is 3.42. The molecule has 1 saturated heterocycles. The van der Waals surface area contributed by atoms with Gasteiger partial charge in [-0.15, -0.1) is 0 Å². The van der Waals surface area contributed by atoms with Crippen molar-refractivity contribution in [1.82, 2.24) is 4.98 Å². The molecule has 8 heteroatoms. The topological polar surface area (TPSA) is 89.0 Å². The Morgan fingerprint density at radius 3 is 2.39 bits per heavy atom. The molecule has 1 atom stereocenters. The Hall–Kier alpha value is -4.17. The number of hydrogen-bond donors (Lipinski definition) is 1. The summed E-state index contributed by atoms with van der Waals surface area (Å²) in [7, 11) is 1.58. The first kappa shape index (κ1) is 23.6. The number of rotatable bonds is 6. The number of aryl methyl sites for hydroxylation is 1.